The molecule has 0 amide bonds. The minimum absolute atomic E-state index is 0.0138. The molecule has 2 N–H and O–H groups in total. The van der Waals surface area contributed by atoms with Crippen LogP contribution in [0.1, 0.15) is 32.3 Å². The number of benzene rings is 1. The lowest BCUT2D eigenvalue weighted by molar-refractivity contribution is 0.114. The molecule has 0 saturated carbocycles. The molecule has 1 aromatic rings. The van der Waals surface area contributed by atoms with Crippen molar-refractivity contribution in [2.24, 2.45) is 11.7 Å². The molecule has 5 heteroatoms. The molecule has 1 atom stereocenters. The fraction of sp³-hybridized carbons (Fsp3) is 0.600. The first-order valence-corrected chi connectivity index (χ1v) is 8.74. The molecule has 0 heterocycles. The van der Waals surface area contributed by atoms with Gasteiger partial charge in [0.15, 0.2) is 9.84 Å². The number of nitrogens with two attached hydrogens (primary N) is 1. The van der Waals surface area contributed by atoms with Crippen molar-refractivity contribution < 1.29 is 13.2 Å². The van der Waals surface area contributed by atoms with E-state index in [1.54, 1.807) is 18.2 Å². The Kier molecular flexibility index (Phi) is 7.19. The van der Waals surface area contributed by atoms with Crippen LogP contribution in [0.2, 0.25) is 0 Å². The van der Waals surface area contributed by atoms with E-state index in [1.165, 1.54) is 0 Å². The summed E-state index contributed by atoms with van der Waals surface area (Å²) < 4.78 is 29.8. The quantitative estimate of drug-likeness (QED) is 0.711. The molecule has 0 radical (unpaired) electrons. The number of hydrogen-bond acceptors (Lipinski definition) is 4. The van der Waals surface area contributed by atoms with Gasteiger partial charge in [0.1, 0.15) is 0 Å². The van der Waals surface area contributed by atoms with Gasteiger partial charge in [-0.05, 0) is 30.0 Å². The molecule has 1 unspecified atom stereocenters. The fourth-order valence-corrected chi connectivity index (χ4v) is 3.20. The molecule has 0 saturated heterocycles. The lowest BCUT2D eigenvalue weighted by atomic mass is 10.1. The van der Waals surface area contributed by atoms with E-state index in [1.807, 2.05) is 6.07 Å². The molecule has 0 aliphatic carbocycles. The molecule has 0 aliphatic rings. The second-order valence-corrected chi connectivity index (χ2v) is 7.25. The molecule has 0 bridgehead atoms. The van der Waals surface area contributed by atoms with E-state index in [0.717, 1.165) is 18.4 Å². The zero-order valence-electron chi connectivity index (χ0n) is 12.3. The molecular weight excluding hydrogens is 274 g/mol. The van der Waals surface area contributed by atoms with Gasteiger partial charge in [-0.15, -0.1) is 0 Å². The van der Waals surface area contributed by atoms with Gasteiger partial charge in [0.25, 0.3) is 0 Å². The third kappa shape index (κ3) is 5.61. The Morgan fingerprint density at radius 2 is 2.10 bits per heavy atom. The summed E-state index contributed by atoms with van der Waals surface area (Å²) in [6.07, 6.45) is 2.22. The molecular formula is C15H25NO3S. The summed E-state index contributed by atoms with van der Waals surface area (Å²) in [5.41, 5.74) is 6.35. The van der Waals surface area contributed by atoms with E-state index < -0.39 is 9.84 Å². The van der Waals surface area contributed by atoms with E-state index in [4.69, 9.17) is 10.5 Å². The number of sulfone groups is 1. The Morgan fingerprint density at radius 1 is 1.35 bits per heavy atom. The summed E-state index contributed by atoms with van der Waals surface area (Å²) in [6.45, 7) is 5.44. The summed E-state index contributed by atoms with van der Waals surface area (Å²) in [5, 5.41) is 0. The van der Waals surface area contributed by atoms with Crippen molar-refractivity contribution in [1.82, 2.24) is 0 Å². The summed E-state index contributed by atoms with van der Waals surface area (Å²) in [7, 11) is -3.28. The molecule has 20 heavy (non-hydrogen) atoms. The highest BCUT2D eigenvalue weighted by molar-refractivity contribution is 7.91. The normalized spacial score (nSPS) is 13.3. The maximum Gasteiger partial charge on any atom is 0.180 e. The zero-order chi connectivity index (χ0) is 15.0. The minimum Gasteiger partial charge on any atom is -0.380 e. The summed E-state index contributed by atoms with van der Waals surface area (Å²) >= 11 is 0. The number of ether oxygens (including phenoxy) is 1. The second kappa shape index (κ2) is 8.39. The Labute approximate surface area is 122 Å². The van der Waals surface area contributed by atoms with Crippen LogP contribution in [0.5, 0.6) is 0 Å². The predicted molar refractivity (Wildman–Crippen MR) is 81.3 cm³/mol. The molecule has 1 aromatic carbocycles. The molecule has 0 aromatic heterocycles. The Balaban J connectivity index is 2.49. The van der Waals surface area contributed by atoms with Crippen molar-refractivity contribution in [3.05, 3.63) is 29.8 Å². The molecule has 114 valence electrons. The Hall–Kier alpha value is -0.910. The van der Waals surface area contributed by atoms with Crippen molar-refractivity contribution in [3.8, 4) is 0 Å². The summed E-state index contributed by atoms with van der Waals surface area (Å²) in [6, 6.07) is 6.78. The van der Waals surface area contributed by atoms with Gasteiger partial charge >= 0.3 is 0 Å². The smallest absolute Gasteiger partial charge is 0.180 e. The van der Waals surface area contributed by atoms with Gasteiger partial charge in [0.05, 0.1) is 17.3 Å². The maximum absolute atomic E-state index is 12.1. The van der Waals surface area contributed by atoms with Gasteiger partial charge in [-0.2, -0.15) is 0 Å². The SMILES string of the molecule is CCCC(C)COCCS(=O)(=O)c1cccc(CN)c1. The highest BCUT2D eigenvalue weighted by atomic mass is 32.2. The van der Waals surface area contributed by atoms with Crippen molar-refractivity contribution in [1.29, 1.82) is 0 Å². The topological polar surface area (TPSA) is 69.4 Å². The first kappa shape index (κ1) is 17.1. The molecule has 0 spiro atoms. The van der Waals surface area contributed by atoms with Gasteiger partial charge in [0.2, 0.25) is 0 Å². The van der Waals surface area contributed by atoms with Gasteiger partial charge < -0.3 is 10.5 Å². The van der Waals surface area contributed by atoms with Crippen LogP contribution in [-0.2, 0) is 21.1 Å². The van der Waals surface area contributed by atoms with E-state index in [0.29, 0.717) is 24.0 Å². The standard InChI is InChI=1S/C15H25NO3S/c1-3-5-13(2)12-19-8-9-20(17,18)15-7-4-6-14(10-15)11-16/h4,6-7,10,13H,3,5,8-9,11-12,16H2,1-2H3. The summed E-state index contributed by atoms with van der Waals surface area (Å²) in [5.74, 6) is 0.489. The maximum atomic E-state index is 12.1. The lowest BCUT2D eigenvalue weighted by Crippen LogP contribution is -2.15. The number of rotatable bonds is 9. The summed E-state index contributed by atoms with van der Waals surface area (Å²) in [4.78, 5) is 0.325. The Bertz CT molecular complexity index is 500. The van der Waals surface area contributed by atoms with Crippen molar-refractivity contribution in [3.63, 3.8) is 0 Å². The van der Waals surface area contributed by atoms with E-state index in [9.17, 15) is 8.42 Å². The van der Waals surface area contributed by atoms with Crippen molar-refractivity contribution in [2.75, 3.05) is 19.0 Å². The molecule has 1 rings (SSSR count). The van der Waals surface area contributed by atoms with Gasteiger partial charge in [0, 0.05) is 13.2 Å². The Morgan fingerprint density at radius 3 is 2.75 bits per heavy atom. The van der Waals surface area contributed by atoms with Crippen LogP contribution in [-0.4, -0.2) is 27.4 Å². The predicted octanol–water partition coefficient (Wildman–Crippen LogP) is 2.37. The van der Waals surface area contributed by atoms with E-state index in [2.05, 4.69) is 13.8 Å². The minimum atomic E-state index is -3.28. The molecule has 0 fully saturated rings. The van der Waals surface area contributed by atoms with Crippen LogP contribution in [0.15, 0.2) is 29.2 Å². The van der Waals surface area contributed by atoms with Crippen LogP contribution >= 0.6 is 0 Å². The van der Waals surface area contributed by atoms with Gasteiger partial charge in [-0.25, -0.2) is 8.42 Å². The van der Waals surface area contributed by atoms with E-state index in [-0.39, 0.29) is 12.4 Å². The average Bonchev–Trinajstić information content (AvgIpc) is 2.44. The second-order valence-electron chi connectivity index (χ2n) is 5.14. The van der Waals surface area contributed by atoms with Crippen molar-refractivity contribution in [2.45, 2.75) is 38.1 Å². The van der Waals surface area contributed by atoms with Crippen LogP contribution in [0.4, 0.5) is 0 Å². The number of hydrogen-bond donors (Lipinski definition) is 1. The van der Waals surface area contributed by atoms with Crippen LogP contribution in [0, 0.1) is 5.92 Å². The lowest BCUT2D eigenvalue weighted by Gasteiger charge is -2.11. The van der Waals surface area contributed by atoms with E-state index >= 15 is 0 Å². The molecule has 0 aliphatic heterocycles. The van der Waals surface area contributed by atoms with Gasteiger partial charge in [-0.3, -0.25) is 0 Å². The first-order valence-electron chi connectivity index (χ1n) is 7.09. The largest absolute Gasteiger partial charge is 0.380 e. The first-order chi connectivity index (χ1) is 9.49. The van der Waals surface area contributed by atoms with Crippen LogP contribution in [0.25, 0.3) is 0 Å². The average molecular weight is 299 g/mol. The fourth-order valence-electron chi connectivity index (χ4n) is 2.01. The highest BCUT2D eigenvalue weighted by Crippen LogP contribution is 2.13. The van der Waals surface area contributed by atoms with Crippen LogP contribution < -0.4 is 5.73 Å². The zero-order valence-corrected chi connectivity index (χ0v) is 13.2. The van der Waals surface area contributed by atoms with Crippen LogP contribution in [0.3, 0.4) is 0 Å². The third-order valence-electron chi connectivity index (χ3n) is 3.17. The third-order valence-corrected chi connectivity index (χ3v) is 4.85. The van der Waals surface area contributed by atoms with Crippen molar-refractivity contribution >= 4 is 9.84 Å². The monoisotopic (exact) mass is 299 g/mol. The molecule has 4 nitrogen and oxygen atoms in total. The highest BCUT2D eigenvalue weighted by Gasteiger charge is 2.14. The van der Waals surface area contributed by atoms with Gasteiger partial charge in [-0.1, -0.05) is 32.4 Å².